The molecule has 0 aliphatic heterocycles. The fourth-order valence-corrected chi connectivity index (χ4v) is 2.01. The maximum atomic E-state index is 12.3. The van der Waals surface area contributed by atoms with Crippen LogP contribution in [0, 0.1) is 0 Å². The van der Waals surface area contributed by atoms with Crippen LogP contribution in [-0.2, 0) is 6.54 Å². The van der Waals surface area contributed by atoms with Crippen LogP contribution in [0.5, 0.6) is 5.75 Å². The van der Waals surface area contributed by atoms with E-state index in [1.807, 2.05) is 18.2 Å². The Balaban J connectivity index is 1.92. The highest BCUT2D eigenvalue weighted by molar-refractivity contribution is 5.33. The zero-order chi connectivity index (χ0) is 16.0. The van der Waals surface area contributed by atoms with Crippen LogP contribution in [0.2, 0.25) is 0 Å². The van der Waals surface area contributed by atoms with Crippen LogP contribution in [0.25, 0.3) is 0 Å². The van der Waals surface area contributed by atoms with Crippen LogP contribution in [0.1, 0.15) is 17.2 Å². The highest BCUT2D eigenvalue weighted by Gasteiger charge is 2.31. The summed E-state index contributed by atoms with van der Waals surface area (Å²) in [5.74, 6) is -0.239. The molecule has 0 heterocycles. The predicted molar refractivity (Wildman–Crippen MR) is 76.2 cm³/mol. The average Bonchev–Trinajstić information content (AvgIpc) is 2.48. The summed E-state index contributed by atoms with van der Waals surface area (Å²) in [5, 5.41) is 12.9. The molecule has 1 atom stereocenters. The van der Waals surface area contributed by atoms with Crippen molar-refractivity contribution in [1.29, 1.82) is 0 Å². The van der Waals surface area contributed by atoms with Crippen molar-refractivity contribution in [3.8, 4) is 5.75 Å². The van der Waals surface area contributed by atoms with E-state index >= 15 is 0 Å². The summed E-state index contributed by atoms with van der Waals surface area (Å²) in [5.41, 5.74) is 1.12. The van der Waals surface area contributed by atoms with E-state index in [-0.39, 0.29) is 18.8 Å². The van der Waals surface area contributed by atoms with Gasteiger partial charge >= 0.3 is 6.36 Å². The van der Waals surface area contributed by atoms with Crippen molar-refractivity contribution in [2.45, 2.75) is 19.0 Å². The number of halogens is 3. The molecule has 0 aliphatic rings. The smallest absolute Gasteiger partial charge is 0.405 e. The van der Waals surface area contributed by atoms with Gasteiger partial charge in [0.05, 0.1) is 6.10 Å². The lowest BCUT2D eigenvalue weighted by Gasteiger charge is -2.15. The molecule has 2 aromatic rings. The van der Waals surface area contributed by atoms with Crippen molar-refractivity contribution in [3.63, 3.8) is 0 Å². The molecule has 2 rings (SSSR count). The minimum atomic E-state index is -4.72. The molecule has 0 fully saturated rings. The molecule has 0 spiro atoms. The van der Waals surface area contributed by atoms with Gasteiger partial charge in [0.2, 0.25) is 0 Å². The normalized spacial score (nSPS) is 12.9. The maximum absolute atomic E-state index is 12.3. The summed E-state index contributed by atoms with van der Waals surface area (Å²) in [6.07, 6.45) is -5.45. The molecule has 0 saturated heterocycles. The van der Waals surface area contributed by atoms with Gasteiger partial charge in [-0.3, -0.25) is 0 Å². The van der Waals surface area contributed by atoms with E-state index in [1.54, 1.807) is 24.3 Å². The van der Waals surface area contributed by atoms with Crippen molar-refractivity contribution in [1.82, 2.24) is 5.32 Å². The third-order valence-electron chi connectivity index (χ3n) is 3.04. The summed E-state index contributed by atoms with van der Waals surface area (Å²) < 4.78 is 40.9. The second kappa shape index (κ2) is 7.29. The molecule has 0 amide bonds. The molecule has 22 heavy (non-hydrogen) atoms. The third kappa shape index (κ3) is 5.05. The van der Waals surface area contributed by atoms with Crippen molar-refractivity contribution in [3.05, 3.63) is 65.7 Å². The molecule has 118 valence electrons. The van der Waals surface area contributed by atoms with E-state index in [1.165, 1.54) is 12.1 Å². The molecule has 0 aromatic heterocycles. The number of para-hydroxylation sites is 1. The number of hydrogen-bond donors (Lipinski definition) is 2. The summed E-state index contributed by atoms with van der Waals surface area (Å²) in [7, 11) is 0. The SMILES string of the molecule is O[C@H](CNCc1ccccc1OC(F)(F)F)c1ccccc1. The number of aliphatic hydroxyl groups excluding tert-OH is 1. The van der Waals surface area contributed by atoms with Crippen molar-refractivity contribution < 1.29 is 23.0 Å². The monoisotopic (exact) mass is 311 g/mol. The number of ether oxygens (including phenoxy) is 1. The Morgan fingerprint density at radius 3 is 2.32 bits per heavy atom. The first-order chi connectivity index (χ1) is 10.5. The summed E-state index contributed by atoms with van der Waals surface area (Å²) in [6.45, 7) is 0.389. The lowest BCUT2D eigenvalue weighted by molar-refractivity contribution is -0.274. The average molecular weight is 311 g/mol. The van der Waals surface area contributed by atoms with Gasteiger partial charge in [-0.2, -0.15) is 0 Å². The van der Waals surface area contributed by atoms with Gasteiger partial charge in [-0.15, -0.1) is 13.2 Å². The summed E-state index contributed by atoms with van der Waals surface area (Å²) in [4.78, 5) is 0. The zero-order valence-electron chi connectivity index (χ0n) is 11.7. The molecule has 0 bridgehead atoms. The first-order valence-corrected chi connectivity index (χ1v) is 6.73. The Kier molecular flexibility index (Phi) is 5.41. The highest BCUT2D eigenvalue weighted by Crippen LogP contribution is 2.26. The molecule has 2 N–H and O–H groups in total. The van der Waals surface area contributed by atoms with Crippen molar-refractivity contribution >= 4 is 0 Å². The Morgan fingerprint density at radius 1 is 1.00 bits per heavy atom. The molecule has 6 heteroatoms. The molecule has 0 aliphatic carbocycles. The van der Waals surface area contributed by atoms with Crippen LogP contribution in [0.4, 0.5) is 13.2 Å². The van der Waals surface area contributed by atoms with E-state index in [0.29, 0.717) is 5.56 Å². The van der Waals surface area contributed by atoms with Gasteiger partial charge in [0.15, 0.2) is 0 Å². The zero-order valence-corrected chi connectivity index (χ0v) is 11.7. The Bertz CT molecular complexity index is 587. The molecular formula is C16H16F3NO2. The fraction of sp³-hybridized carbons (Fsp3) is 0.250. The van der Waals surface area contributed by atoms with E-state index in [9.17, 15) is 18.3 Å². The second-order valence-electron chi connectivity index (χ2n) is 4.71. The minimum absolute atomic E-state index is 0.163. The van der Waals surface area contributed by atoms with Gasteiger partial charge < -0.3 is 15.2 Å². The number of nitrogens with one attached hydrogen (secondary N) is 1. The molecule has 0 saturated carbocycles. The van der Waals surface area contributed by atoms with Crippen LogP contribution in [0.3, 0.4) is 0 Å². The Morgan fingerprint density at radius 2 is 1.64 bits per heavy atom. The Hall–Kier alpha value is -2.05. The number of hydrogen-bond acceptors (Lipinski definition) is 3. The molecule has 0 radical (unpaired) electrons. The van der Waals surface area contributed by atoms with E-state index < -0.39 is 12.5 Å². The van der Waals surface area contributed by atoms with Gasteiger partial charge in [-0.25, -0.2) is 0 Å². The predicted octanol–water partition coefficient (Wildman–Crippen LogP) is 3.41. The van der Waals surface area contributed by atoms with Gasteiger partial charge in [-0.05, 0) is 11.6 Å². The van der Waals surface area contributed by atoms with E-state index in [2.05, 4.69) is 10.1 Å². The van der Waals surface area contributed by atoms with Gasteiger partial charge in [0, 0.05) is 18.7 Å². The minimum Gasteiger partial charge on any atom is -0.405 e. The molecule has 2 aromatic carbocycles. The standard InChI is InChI=1S/C16H16F3NO2/c17-16(18,19)22-15-9-5-4-8-13(15)10-20-11-14(21)12-6-2-1-3-7-12/h1-9,14,20-21H,10-11H2/t14-/m1/s1. The van der Waals surface area contributed by atoms with Gasteiger partial charge in [0.25, 0.3) is 0 Å². The number of benzene rings is 2. The van der Waals surface area contributed by atoms with Crippen LogP contribution < -0.4 is 10.1 Å². The largest absolute Gasteiger partial charge is 0.573 e. The van der Waals surface area contributed by atoms with Crippen molar-refractivity contribution in [2.24, 2.45) is 0 Å². The summed E-state index contributed by atoms with van der Waals surface area (Å²) in [6, 6.07) is 14.9. The lowest BCUT2D eigenvalue weighted by atomic mass is 10.1. The third-order valence-corrected chi connectivity index (χ3v) is 3.04. The van der Waals surface area contributed by atoms with Gasteiger partial charge in [0.1, 0.15) is 5.75 Å². The molecule has 0 unspecified atom stereocenters. The number of alkyl halides is 3. The fourth-order valence-electron chi connectivity index (χ4n) is 2.01. The summed E-state index contributed by atoms with van der Waals surface area (Å²) >= 11 is 0. The first-order valence-electron chi connectivity index (χ1n) is 6.73. The Labute approximate surface area is 126 Å². The maximum Gasteiger partial charge on any atom is 0.573 e. The molecular weight excluding hydrogens is 295 g/mol. The van der Waals surface area contributed by atoms with Crippen LogP contribution in [0.15, 0.2) is 54.6 Å². The molecule has 3 nitrogen and oxygen atoms in total. The highest BCUT2D eigenvalue weighted by atomic mass is 19.4. The van der Waals surface area contributed by atoms with Gasteiger partial charge in [-0.1, -0.05) is 48.5 Å². The number of aliphatic hydroxyl groups is 1. The first kappa shape index (κ1) is 16.3. The van der Waals surface area contributed by atoms with E-state index in [4.69, 9.17) is 0 Å². The lowest BCUT2D eigenvalue weighted by Crippen LogP contribution is -2.23. The van der Waals surface area contributed by atoms with Crippen LogP contribution >= 0.6 is 0 Å². The van der Waals surface area contributed by atoms with Crippen molar-refractivity contribution in [2.75, 3.05) is 6.54 Å². The topological polar surface area (TPSA) is 41.5 Å². The number of rotatable bonds is 6. The second-order valence-corrected chi connectivity index (χ2v) is 4.71. The van der Waals surface area contributed by atoms with Crippen LogP contribution in [-0.4, -0.2) is 18.0 Å². The van der Waals surface area contributed by atoms with E-state index in [0.717, 1.165) is 5.56 Å². The quantitative estimate of drug-likeness (QED) is 0.859.